The third-order valence-corrected chi connectivity index (χ3v) is 3.61. The highest BCUT2D eigenvalue weighted by molar-refractivity contribution is 5.68. The van der Waals surface area contributed by atoms with E-state index in [0.29, 0.717) is 19.5 Å². The van der Waals surface area contributed by atoms with Gasteiger partial charge in [-0.05, 0) is 51.3 Å². The van der Waals surface area contributed by atoms with Gasteiger partial charge in [0.05, 0.1) is 6.10 Å². The van der Waals surface area contributed by atoms with E-state index in [0.717, 1.165) is 12.0 Å². The van der Waals surface area contributed by atoms with Gasteiger partial charge in [-0.15, -0.1) is 0 Å². The second kappa shape index (κ2) is 6.43. The minimum absolute atomic E-state index is 0.102. The van der Waals surface area contributed by atoms with Gasteiger partial charge in [0.25, 0.3) is 0 Å². The zero-order valence-corrected chi connectivity index (χ0v) is 13.0. The Labute approximate surface area is 125 Å². The molecule has 1 aliphatic heterocycles. The predicted octanol–water partition coefficient (Wildman–Crippen LogP) is 2.24. The van der Waals surface area contributed by atoms with Gasteiger partial charge in [0.2, 0.25) is 0 Å². The normalized spacial score (nSPS) is 20.4. The Kier molecular flexibility index (Phi) is 4.83. The highest BCUT2D eigenvalue weighted by Gasteiger charge is 2.33. The smallest absolute Gasteiger partial charge is 0.410 e. The van der Waals surface area contributed by atoms with E-state index < -0.39 is 11.7 Å². The number of ether oxygens (including phenoxy) is 1. The molecule has 1 N–H and O–H groups in total. The van der Waals surface area contributed by atoms with Crippen LogP contribution in [0.4, 0.5) is 4.79 Å². The molecule has 1 aliphatic rings. The molecule has 1 fully saturated rings. The van der Waals surface area contributed by atoms with Gasteiger partial charge in [0.1, 0.15) is 5.60 Å². The molecule has 1 aromatic rings. The molecular weight excluding hydrogens is 268 g/mol. The van der Waals surface area contributed by atoms with Crippen LogP contribution in [0.2, 0.25) is 0 Å². The van der Waals surface area contributed by atoms with Gasteiger partial charge >= 0.3 is 6.09 Å². The number of hydrogen-bond donors (Lipinski definition) is 1. The topological polar surface area (TPSA) is 62.7 Å². The van der Waals surface area contributed by atoms with Crippen LogP contribution in [-0.4, -0.2) is 45.9 Å². The maximum absolute atomic E-state index is 12.0. The first-order valence-electron chi connectivity index (χ1n) is 7.40. The average Bonchev–Trinajstić information content (AvgIpc) is 2.87. The molecule has 0 aromatic carbocycles. The Morgan fingerprint density at radius 3 is 2.76 bits per heavy atom. The standard InChI is InChI=1S/C16H24N2O3/c1-16(2,3)21-15(20)18-9-6-13(11-18)14(19)10-12-4-7-17-8-5-12/h4-5,7-8,13-14,19H,6,9-11H2,1-3H3. The van der Waals surface area contributed by atoms with Gasteiger partial charge in [0, 0.05) is 31.4 Å². The highest BCUT2D eigenvalue weighted by atomic mass is 16.6. The van der Waals surface area contributed by atoms with Crippen molar-refractivity contribution in [3.63, 3.8) is 0 Å². The molecule has 5 heteroatoms. The Morgan fingerprint density at radius 2 is 2.14 bits per heavy atom. The van der Waals surface area contributed by atoms with E-state index in [1.165, 1.54) is 0 Å². The van der Waals surface area contributed by atoms with E-state index in [2.05, 4.69) is 4.98 Å². The molecule has 21 heavy (non-hydrogen) atoms. The zero-order valence-electron chi connectivity index (χ0n) is 13.0. The number of hydrogen-bond acceptors (Lipinski definition) is 4. The van der Waals surface area contributed by atoms with Crippen molar-refractivity contribution in [3.05, 3.63) is 30.1 Å². The first-order chi connectivity index (χ1) is 9.85. The van der Waals surface area contributed by atoms with Crippen molar-refractivity contribution in [1.29, 1.82) is 0 Å². The van der Waals surface area contributed by atoms with Gasteiger partial charge < -0.3 is 14.7 Å². The Balaban J connectivity index is 1.86. The summed E-state index contributed by atoms with van der Waals surface area (Å²) in [6.07, 6.45) is 4.12. The van der Waals surface area contributed by atoms with E-state index in [4.69, 9.17) is 4.74 Å². The van der Waals surface area contributed by atoms with Crippen LogP contribution in [0.3, 0.4) is 0 Å². The van der Waals surface area contributed by atoms with Crippen molar-refractivity contribution in [2.24, 2.45) is 5.92 Å². The quantitative estimate of drug-likeness (QED) is 0.928. The lowest BCUT2D eigenvalue weighted by Gasteiger charge is -2.25. The molecule has 2 unspecified atom stereocenters. The van der Waals surface area contributed by atoms with E-state index >= 15 is 0 Å². The first-order valence-corrected chi connectivity index (χ1v) is 7.40. The van der Waals surface area contributed by atoms with Gasteiger partial charge in [-0.3, -0.25) is 4.98 Å². The zero-order chi connectivity index (χ0) is 15.5. The number of aliphatic hydroxyl groups excluding tert-OH is 1. The van der Waals surface area contributed by atoms with Crippen LogP contribution in [0.5, 0.6) is 0 Å². The molecule has 0 aliphatic carbocycles. The number of nitrogens with zero attached hydrogens (tertiary/aromatic N) is 2. The van der Waals surface area contributed by atoms with Crippen LogP contribution < -0.4 is 0 Å². The lowest BCUT2D eigenvalue weighted by Crippen LogP contribution is -2.36. The molecule has 1 saturated heterocycles. The van der Waals surface area contributed by atoms with Crippen LogP contribution in [0, 0.1) is 5.92 Å². The summed E-state index contributed by atoms with van der Waals surface area (Å²) in [7, 11) is 0. The molecule has 2 atom stereocenters. The van der Waals surface area contributed by atoms with Gasteiger partial charge in [-0.2, -0.15) is 0 Å². The minimum Gasteiger partial charge on any atom is -0.444 e. The summed E-state index contributed by atoms with van der Waals surface area (Å²) in [4.78, 5) is 17.7. The number of aliphatic hydroxyl groups is 1. The van der Waals surface area contributed by atoms with Crippen molar-refractivity contribution < 1.29 is 14.6 Å². The number of carbonyl (C=O) groups excluding carboxylic acids is 1. The Morgan fingerprint density at radius 1 is 1.48 bits per heavy atom. The fraction of sp³-hybridized carbons (Fsp3) is 0.625. The fourth-order valence-electron chi connectivity index (χ4n) is 2.52. The van der Waals surface area contributed by atoms with Crippen LogP contribution in [0.1, 0.15) is 32.8 Å². The van der Waals surface area contributed by atoms with Crippen molar-refractivity contribution in [1.82, 2.24) is 9.88 Å². The predicted molar refractivity (Wildman–Crippen MR) is 79.9 cm³/mol. The lowest BCUT2D eigenvalue weighted by molar-refractivity contribution is 0.0269. The van der Waals surface area contributed by atoms with Gasteiger partial charge in [-0.25, -0.2) is 4.79 Å². The summed E-state index contributed by atoms with van der Waals surface area (Å²) in [6.45, 7) is 6.78. The van der Waals surface area contributed by atoms with Gasteiger partial charge in [0.15, 0.2) is 0 Å². The first kappa shape index (κ1) is 15.8. The minimum atomic E-state index is -0.481. The summed E-state index contributed by atoms with van der Waals surface area (Å²) in [6, 6.07) is 3.81. The molecule has 2 rings (SSSR count). The lowest BCUT2D eigenvalue weighted by atomic mass is 9.96. The molecule has 0 radical (unpaired) electrons. The SMILES string of the molecule is CC(C)(C)OC(=O)N1CCC(C(O)Cc2ccncc2)C1. The van der Waals surface area contributed by atoms with Crippen LogP contribution in [-0.2, 0) is 11.2 Å². The summed E-state index contributed by atoms with van der Waals surface area (Å²) in [5.41, 5.74) is 0.582. The van der Waals surface area contributed by atoms with Gasteiger partial charge in [-0.1, -0.05) is 0 Å². The number of amides is 1. The molecule has 2 heterocycles. The molecule has 1 aromatic heterocycles. The van der Waals surface area contributed by atoms with E-state index in [9.17, 15) is 9.90 Å². The Hall–Kier alpha value is -1.62. The maximum Gasteiger partial charge on any atom is 0.410 e. The summed E-state index contributed by atoms with van der Waals surface area (Å²) in [5.74, 6) is 0.102. The average molecular weight is 292 g/mol. The number of aromatic nitrogens is 1. The molecule has 116 valence electrons. The summed E-state index contributed by atoms with van der Waals surface area (Å²) >= 11 is 0. The van der Waals surface area contributed by atoms with Crippen molar-refractivity contribution in [2.45, 2.75) is 45.3 Å². The summed E-state index contributed by atoms with van der Waals surface area (Å²) < 4.78 is 5.37. The van der Waals surface area contributed by atoms with Crippen LogP contribution in [0.15, 0.2) is 24.5 Å². The molecule has 5 nitrogen and oxygen atoms in total. The molecule has 0 spiro atoms. The van der Waals surface area contributed by atoms with Crippen molar-refractivity contribution >= 4 is 6.09 Å². The molecule has 0 saturated carbocycles. The monoisotopic (exact) mass is 292 g/mol. The largest absolute Gasteiger partial charge is 0.444 e. The van der Waals surface area contributed by atoms with E-state index in [-0.39, 0.29) is 12.0 Å². The number of pyridine rings is 1. The van der Waals surface area contributed by atoms with Crippen LogP contribution in [0.25, 0.3) is 0 Å². The Bertz CT molecular complexity index is 470. The van der Waals surface area contributed by atoms with Crippen molar-refractivity contribution in [3.8, 4) is 0 Å². The maximum atomic E-state index is 12.0. The van der Waals surface area contributed by atoms with E-state index in [1.807, 2.05) is 32.9 Å². The molecule has 0 bridgehead atoms. The molecular formula is C16H24N2O3. The molecule has 1 amide bonds. The highest BCUT2D eigenvalue weighted by Crippen LogP contribution is 2.23. The van der Waals surface area contributed by atoms with Crippen molar-refractivity contribution in [2.75, 3.05) is 13.1 Å². The number of likely N-dealkylation sites (tertiary alicyclic amines) is 1. The number of rotatable bonds is 3. The van der Waals surface area contributed by atoms with Crippen LogP contribution >= 0.6 is 0 Å². The summed E-state index contributed by atoms with van der Waals surface area (Å²) in [5, 5.41) is 10.3. The second-order valence-corrected chi connectivity index (χ2v) is 6.60. The third-order valence-electron chi connectivity index (χ3n) is 3.61. The second-order valence-electron chi connectivity index (χ2n) is 6.60. The number of carbonyl (C=O) groups is 1. The fourth-order valence-corrected chi connectivity index (χ4v) is 2.52. The third kappa shape index (κ3) is 4.70. The van der Waals surface area contributed by atoms with E-state index in [1.54, 1.807) is 17.3 Å².